The summed E-state index contributed by atoms with van der Waals surface area (Å²) < 4.78 is 19.4. The molecule has 0 saturated carbocycles. The minimum atomic E-state index is -0.597. The maximum absolute atomic E-state index is 13.1. The molecule has 0 radical (unpaired) electrons. The lowest BCUT2D eigenvalue weighted by molar-refractivity contribution is 0.0526. The smallest absolute Gasteiger partial charge is 0.338 e. The van der Waals surface area contributed by atoms with E-state index in [4.69, 9.17) is 17.0 Å². The number of H-pyrrole nitrogens is 1. The van der Waals surface area contributed by atoms with Crippen LogP contribution >= 0.6 is 12.2 Å². The van der Waals surface area contributed by atoms with Crippen molar-refractivity contribution >= 4 is 30.1 Å². The Balaban J connectivity index is 1.88. The summed E-state index contributed by atoms with van der Waals surface area (Å²) in [7, 11) is 0. The second kappa shape index (κ2) is 9.27. The average molecular weight is 427 g/mol. The van der Waals surface area contributed by atoms with Crippen LogP contribution < -0.4 is 5.56 Å². The Morgan fingerprint density at radius 2 is 1.90 bits per heavy atom. The first-order valence-corrected chi connectivity index (χ1v) is 9.41. The van der Waals surface area contributed by atoms with Gasteiger partial charge in [-0.1, -0.05) is 12.1 Å². The monoisotopic (exact) mass is 427 g/mol. The van der Waals surface area contributed by atoms with Gasteiger partial charge in [-0.05, 0) is 61.1 Å². The number of hydrogen-bond donors (Lipinski definition) is 2. The summed E-state index contributed by atoms with van der Waals surface area (Å²) in [6.07, 6.45) is 1.21. The highest BCUT2D eigenvalue weighted by Gasteiger charge is 2.12. The molecule has 9 heteroatoms. The third-order valence-corrected chi connectivity index (χ3v) is 4.50. The molecule has 0 aliphatic heterocycles. The molecule has 3 rings (SSSR count). The average Bonchev–Trinajstić information content (AvgIpc) is 2.73. The summed E-state index contributed by atoms with van der Waals surface area (Å²) in [5.41, 5.74) is 0.852. The van der Waals surface area contributed by atoms with Crippen molar-refractivity contribution in [3.8, 4) is 5.88 Å². The van der Waals surface area contributed by atoms with Gasteiger partial charge in [0.05, 0.1) is 24.4 Å². The molecule has 1 heterocycles. The standard InChI is InChI=1S/C21H18FN3O4S/c1-2-29-20(28)14-5-9-16(10-6-14)23-11-17-18(26)24-21(30)25(19(17)27)12-13-3-7-15(22)8-4-13/h3-11,27H,2,12H2,1H3,(H,24,26,30). The van der Waals surface area contributed by atoms with Crippen LogP contribution in [-0.4, -0.2) is 33.4 Å². The zero-order valence-electron chi connectivity index (χ0n) is 16.0. The molecule has 7 nitrogen and oxygen atoms in total. The SMILES string of the molecule is CCOC(=O)c1ccc(N=Cc2c(O)n(Cc3ccc(F)cc3)c(=S)[nH]c2=O)cc1. The normalized spacial score (nSPS) is 11.0. The lowest BCUT2D eigenvalue weighted by Gasteiger charge is -2.11. The molecule has 0 bridgehead atoms. The summed E-state index contributed by atoms with van der Waals surface area (Å²) in [6.45, 7) is 2.13. The predicted molar refractivity (Wildman–Crippen MR) is 113 cm³/mol. The number of aromatic amines is 1. The number of carbonyl (C=O) groups is 1. The number of nitrogens with one attached hydrogen (secondary N) is 1. The molecule has 0 aliphatic carbocycles. The summed E-state index contributed by atoms with van der Waals surface area (Å²) in [5, 5.41) is 10.6. The van der Waals surface area contributed by atoms with Crippen LogP contribution in [0.5, 0.6) is 5.88 Å². The number of carbonyl (C=O) groups excluding carboxylic acids is 1. The van der Waals surface area contributed by atoms with E-state index >= 15 is 0 Å². The van der Waals surface area contributed by atoms with E-state index < -0.39 is 11.5 Å². The molecular weight excluding hydrogens is 409 g/mol. The number of hydrogen-bond acceptors (Lipinski definition) is 6. The molecule has 0 saturated heterocycles. The molecule has 0 spiro atoms. The summed E-state index contributed by atoms with van der Waals surface area (Å²) >= 11 is 5.13. The third-order valence-electron chi connectivity index (χ3n) is 4.18. The Morgan fingerprint density at radius 3 is 2.53 bits per heavy atom. The van der Waals surface area contributed by atoms with Crippen molar-refractivity contribution in [2.24, 2.45) is 4.99 Å². The second-order valence-corrected chi connectivity index (χ2v) is 6.62. The van der Waals surface area contributed by atoms with Gasteiger partial charge in [0.15, 0.2) is 4.77 Å². The first-order chi connectivity index (χ1) is 14.4. The van der Waals surface area contributed by atoms with Crippen LogP contribution in [0, 0.1) is 10.6 Å². The van der Waals surface area contributed by atoms with E-state index in [0.29, 0.717) is 16.8 Å². The molecule has 0 fully saturated rings. The van der Waals surface area contributed by atoms with E-state index in [0.717, 1.165) is 0 Å². The third kappa shape index (κ3) is 4.87. The van der Waals surface area contributed by atoms with Crippen molar-refractivity contribution < 1.29 is 19.0 Å². The van der Waals surface area contributed by atoms with Crippen molar-refractivity contribution in [3.63, 3.8) is 0 Å². The largest absolute Gasteiger partial charge is 0.494 e. The van der Waals surface area contributed by atoms with Gasteiger partial charge in [-0.3, -0.25) is 19.3 Å². The fourth-order valence-corrected chi connectivity index (χ4v) is 2.89. The number of aromatic hydroxyl groups is 1. The van der Waals surface area contributed by atoms with E-state index in [9.17, 15) is 19.1 Å². The molecule has 0 atom stereocenters. The number of nitrogens with zero attached hydrogens (tertiary/aromatic N) is 2. The Hall–Kier alpha value is -3.59. The lowest BCUT2D eigenvalue weighted by atomic mass is 10.2. The Labute approximate surface area is 176 Å². The van der Waals surface area contributed by atoms with E-state index in [1.165, 1.54) is 22.9 Å². The van der Waals surface area contributed by atoms with Gasteiger partial charge in [0, 0.05) is 6.21 Å². The number of ether oxygens (including phenoxy) is 1. The van der Waals surface area contributed by atoms with Gasteiger partial charge in [0.1, 0.15) is 11.4 Å². The van der Waals surface area contributed by atoms with Gasteiger partial charge in [0.25, 0.3) is 5.56 Å². The van der Waals surface area contributed by atoms with Crippen LogP contribution in [0.25, 0.3) is 0 Å². The van der Waals surface area contributed by atoms with Gasteiger partial charge in [-0.25, -0.2) is 9.18 Å². The molecule has 0 unspecified atom stereocenters. The van der Waals surface area contributed by atoms with Crippen molar-refractivity contribution in [2.75, 3.05) is 6.61 Å². The number of esters is 1. The topological polar surface area (TPSA) is 96.7 Å². The van der Waals surface area contributed by atoms with Crippen molar-refractivity contribution in [1.82, 2.24) is 9.55 Å². The minimum absolute atomic E-state index is 0.0257. The molecule has 2 N–H and O–H groups in total. The lowest BCUT2D eigenvalue weighted by Crippen LogP contribution is -2.19. The van der Waals surface area contributed by atoms with Crippen molar-refractivity contribution in [2.45, 2.75) is 13.5 Å². The van der Waals surface area contributed by atoms with E-state index in [1.54, 1.807) is 43.3 Å². The number of rotatable bonds is 6. The fraction of sp³-hybridized carbons (Fsp3) is 0.143. The van der Waals surface area contributed by atoms with Crippen LogP contribution in [0.2, 0.25) is 0 Å². The highest BCUT2D eigenvalue weighted by molar-refractivity contribution is 7.71. The highest BCUT2D eigenvalue weighted by Crippen LogP contribution is 2.17. The number of aliphatic imine (C=N–C) groups is 1. The van der Waals surface area contributed by atoms with Crippen LogP contribution in [0.15, 0.2) is 58.3 Å². The highest BCUT2D eigenvalue weighted by atomic mass is 32.1. The predicted octanol–water partition coefficient (Wildman–Crippen LogP) is 3.73. The second-order valence-electron chi connectivity index (χ2n) is 6.23. The maximum Gasteiger partial charge on any atom is 0.338 e. The molecule has 3 aromatic rings. The quantitative estimate of drug-likeness (QED) is 0.355. The number of benzene rings is 2. The van der Waals surface area contributed by atoms with Gasteiger partial charge in [0.2, 0.25) is 5.88 Å². The van der Waals surface area contributed by atoms with Gasteiger partial charge < -0.3 is 9.84 Å². The van der Waals surface area contributed by atoms with Crippen LogP contribution in [0.1, 0.15) is 28.4 Å². The van der Waals surface area contributed by atoms with E-state index in [1.807, 2.05) is 0 Å². The van der Waals surface area contributed by atoms with Crippen molar-refractivity contribution in [1.29, 1.82) is 0 Å². The van der Waals surface area contributed by atoms with E-state index in [-0.39, 0.29) is 35.2 Å². The zero-order valence-corrected chi connectivity index (χ0v) is 16.8. The molecule has 0 amide bonds. The molecule has 1 aromatic heterocycles. The summed E-state index contributed by atoms with van der Waals surface area (Å²) in [6, 6.07) is 12.0. The minimum Gasteiger partial charge on any atom is -0.494 e. The summed E-state index contributed by atoms with van der Waals surface area (Å²) in [5.74, 6) is -1.18. The zero-order chi connectivity index (χ0) is 21.7. The molecule has 30 heavy (non-hydrogen) atoms. The fourth-order valence-electron chi connectivity index (χ4n) is 2.65. The van der Waals surface area contributed by atoms with Gasteiger partial charge in [-0.15, -0.1) is 0 Å². The van der Waals surface area contributed by atoms with Crippen LogP contribution in [0.4, 0.5) is 10.1 Å². The van der Waals surface area contributed by atoms with Gasteiger partial charge in [-0.2, -0.15) is 0 Å². The molecule has 0 aliphatic rings. The molecule has 2 aromatic carbocycles. The Bertz CT molecular complexity index is 1200. The Morgan fingerprint density at radius 1 is 1.23 bits per heavy atom. The maximum atomic E-state index is 13.1. The Kier molecular flexibility index (Phi) is 6.53. The van der Waals surface area contributed by atoms with Gasteiger partial charge >= 0.3 is 5.97 Å². The molecular formula is C21H18FN3O4S. The molecule has 154 valence electrons. The van der Waals surface area contributed by atoms with Crippen LogP contribution in [-0.2, 0) is 11.3 Å². The van der Waals surface area contributed by atoms with E-state index in [2.05, 4.69) is 9.98 Å². The van der Waals surface area contributed by atoms with Crippen LogP contribution in [0.3, 0.4) is 0 Å². The van der Waals surface area contributed by atoms with Crippen molar-refractivity contribution in [3.05, 3.63) is 86.2 Å². The number of halogens is 1. The first-order valence-electron chi connectivity index (χ1n) is 9.01. The summed E-state index contributed by atoms with van der Waals surface area (Å²) in [4.78, 5) is 30.6. The first kappa shape index (κ1) is 21.1. The number of aromatic nitrogens is 2.